The van der Waals surface area contributed by atoms with Crippen LogP contribution in [0, 0.1) is 0 Å². The number of hydrogen-bond donors (Lipinski definition) is 0. The van der Waals surface area contributed by atoms with Crippen molar-refractivity contribution in [3.05, 3.63) is 0 Å². The Hall–Kier alpha value is -2.00. The Labute approximate surface area is 126 Å². The first-order chi connectivity index (χ1) is 10.3. The first kappa shape index (κ1) is 18.1. The van der Waals surface area contributed by atoms with Crippen molar-refractivity contribution in [3.63, 3.8) is 0 Å². The van der Waals surface area contributed by atoms with Crippen LogP contribution < -0.4 is 0 Å². The summed E-state index contributed by atoms with van der Waals surface area (Å²) in [5, 5.41) is 0. The van der Waals surface area contributed by atoms with Crippen molar-refractivity contribution < 1.29 is 42.9 Å². The minimum absolute atomic E-state index is 0.389. The Morgan fingerprint density at radius 1 is 0.864 bits per heavy atom. The van der Waals surface area contributed by atoms with Crippen LogP contribution in [0.2, 0.25) is 0 Å². The number of carbonyl (C=O) groups is 4. The van der Waals surface area contributed by atoms with Crippen LogP contribution in [0.3, 0.4) is 0 Å². The first-order valence-corrected chi connectivity index (χ1v) is 6.45. The third-order valence-corrected chi connectivity index (χ3v) is 2.80. The molecule has 0 aliphatic carbocycles. The van der Waals surface area contributed by atoms with E-state index < -0.39 is 48.6 Å². The number of ether oxygens (including phenoxy) is 5. The molecule has 1 fully saturated rings. The highest BCUT2D eigenvalue weighted by molar-refractivity contribution is 5.69. The van der Waals surface area contributed by atoms with E-state index in [1.54, 1.807) is 0 Å². The van der Waals surface area contributed by atoms with Gasteiger partial charge in [0, 0.05) is 27.9 Å². The number of aldehydes is 1. The van der Waals surface area contributed by atoms with E-state index in [1.807, 2.05) is 0 Å². The van der Waals surface area contributed by atoms with Gasteiger partial charge in [0.05, 0.1) is 0 Å². The Kier molecular flexibility index (Phi) is 6.44. The summed E-state index contributed by atoms with van der Waals surface area (Å²) < 4.78 is 25.4. The van der Waals surface area contributed by atoms with Gasteiger partial charge >= 0.3 is 17.9 Å². The predicted octanol–water partition coefficient (Wildman–Crippen LogP) is -0.648. The molecule has 1 heterocycles. The van der Waals surface area contributed by atoms with Crippen molar-refractivity contribution in [1.29, 1.82) is 0 Å². The zero-order chi connectivity index (χ0) is 16.9. The van der Waals surface area contributed by atoms with E-state index >= 15 is 0 Å². The Bertz CT molecular complexity index is 447. The normalized spacial score (nSPS) is 31.0. The molecule has 0 bridgehead atoms. The maximum Gasteiger partial charge on any atom is 0.303 e. The molecule has 5 atom stereocenters. The van der Waals surface area contributed by atoms with Crippen molar-refractivity contribution in [2.45, 2.75) is 51.5 Å². The number of carbonyl (C=O) groups excluding carboxylic acids is 4. The van der Waals surface area contributed by atoms with Gasteiger partial charge in [-0.3, -0.25) is 14.4 Å². The summed E-state index contributed by atoms with van der Waals surface area (Å²) in [5.74, 6) is -2.10. The van der Waals surface area contributed by atoms with Crippen LogP contribution in [0.1, 0.15) is 20.8 Å². The molecular weight excluding hydrogens is 300 g/mol. The van der Waals surface area contributed by atoms with Gasteiger partial charge in [-0.1, -0.05) is 0 Å². The second-order valence-electron chi connectivity index (χ2n) is 4.56. The third-order valence-electron chi connectivity index (χ3n) is 2.80. The van der Waals surface area contributed by atoms with Gasteiger partial charge in [0.2, 0.25) is 0 Å². The number of esters is 3. The lowest BCUT2D eigenvalue weighted by atomic mass is 9.98. The summed E-state index contributed by atoms with van der Waals surface area (Å²) in [6.45, 7) is 3.39. The van der Waals surface area contributed by atoms with Crippen molar-refractivity contribution in [1.82, 2.24) is 0 Å². The lowest BCUT2D eigenvalue weighted by molar-refractivity contribution is -0.290. The molecule has 0 N–H and O–H groups in total. The molecule has 1 rings (SSSR count). The molecule has 124 valence electrons. The second-order valence-corrected chi connectivity index (χ2v) is 4.56. The minimum atomic E-state index is -1.25. The highest BCUT2D eigenvalue weighted by Crippen LogP contribution is 2.28. The van der Waals surface area contributed by atoms with E-state index in [0.29, 0.717) is 6.29 Å². The predicted molar refractivity (Wildman–Crippen MR) is 68.4 cm³/mol. The molecular formula is C13H18O9. The van der Waals surface area contributed by atoms with Crippen molar-refractivity contribution in [3.8, 4) is 0 Å². The van der Waals surface area contributed by atoms with Gasteiger partial charge in [0.15, 0.2) is 37.0 Å². The summed E-state index contributed by atoms with van der Waals surface area (Å²) in [6.07, 6.45) is -5.68. The van der Waals surface area contributed by atoms with Crippen LogP contribution in [0.15, 0.2) is 0 Å². The molecule has 0 saturated carbocycles. The van der Waals surface area contributed by atoms with E-state index in [-0.39, 0.29) is 0 Å². The third kappa shape index (κ3) is 4.50. The van der Waals surface area contributed by atoms with E-state index in [0.717, 1.165) is 20.8 Å². The highest BCUT2D eigenvalue weighted by Gasteiger charge is 2.52. The second kappa shape index (κ2) is 7.85. The summed E-state index contributed by atoms with van der Waals surface area (Å²) in [6, 6.07) is 0. The molecule has 1 aliphatic rings. The quantitative estimate of drug-likeness (QED) is 0.370. The van der Waals surface area contributed by atoms with E-state index in [9.17, 15) is 19.2 Å². The van der Waals surface area contributed by atoms with Gasteiger partial charge in [-0.15, -0.1) is 0 Å². The SMILES string of the molecule is CO[C@H]1O[C@H](C=O)[C@H](OC(C)=O)[C@H](OC(C)=O)[C@H]1OC(C)=O. The Balaban J connectivity index is 3.17. The number of hydrogen-bond acceptors (Lipinski definition) is 9. The van der Waals surface area contributed by atoms with Crippen LogP contribution in [0.4, 0.5) is 0 Å². The molecule has 1 saturated heterocycles. The standard InChI is InChI=1S/C13H18O9/c1-6(15)19-10-9(5-14)22-13(18-4)12(21-8(3)17)11(10)20-7(2)16/h5,9-13H,1-4H3/t9-,10+,11+,12-,13+/m1/s1. The Morgan fingerprint density at radius 2 is 1.32 bits per heavy atom. The number of rotatable bonds is 5. The lowest BCUT2D eigenvalue weighted by Crippen LogP contribution is -2.62. The maximum atomic E-state index is 11.3. The van der Waals surface area contributed by atoms with Crippen molar-refractivity contribution >= 4 is 24.2 Å². The lowest BCUT2D eigenvalue weighted by Gasteiger charge is -2.42. The summed E-state index contributed by atoms with van der Waals surface area (Å²) >= 11 is 0. The number of methoxy groups -OCH3 is 1. The fourth-order valence-corrected chi connectivity index (χ4v) is 2.10. The van der Waals surface area contributed by atoms with Gasteiger partial charge in [0.25, 0.3) is 0 Å². The van der Waals surface area contributed by atoms with Crippen LogP contribution in [0.5, 0.6) is 0 Å². The van der Waals surface area contributed by atoms with E-state index in [1.165, 1.54) is 7.11 Å². The molecule has 0 unspecified atom stereocenters. The molecule has 0 spiro atoms. The van der Waals surface area contributed by atoms with Crippen molar-refractivity contribution in [2.75, 3.05) is 7.11 Å². The summed E-state index contributed by atoms with van der Waals surface area (Å²) in [5.41, 5.74) is 0. The monoisotopic (exact) mass is 318 g/mol. The topological polar surface area (TPSA) is 114 Å². The molecule has 0 aromatic rings. The van der Waals surface area contributed by atoms with Gasteiger partial charge in [0.1, 0.15) is 0 Å². The fraction of sp³-hybridized carbons (Fsp3) is 0.692. The Morgan fingerprint density at radius 3 is 1.73 bits per heavy atom. The molecule has 0 amide bonds. The van der Waals surface area contributed by atoms with Gasteiger partial charge in [-0.25, -0.2) is 0 Å². The molecule has 9 heteroatoms. The van der Waals surface area contributed by atoms with Crippen molar-refractivity contribution in [2.24, 2.45) is 0 Å². The maximum absolute atomic E-state index is 11.3. The molecule has 0 radical (unpaired) electrons. The summed E-state index contributed by atoms with van der Waals surface area (Å²) in [4.78, 5) is 44.9. The largest absolute Gasteiger partial charge is 0.455 e. The van der Waals surface area contributed by atoms with Crippen LogP contribution in [-0.2, 0) is 42.9 Å². The van der Waals surface area contributed by atoms with Gasteiger partial charge in [-0.05, 0) is 0 Å². The zero-order valence-corrected chi connectivity index (χ0v) is 12.6. The average Bonchev–Trinajstić information content (AvgIpc) is 2.41. The first-order valence-electron chi connectivity index (χ1n) is 6.45. The van der Waals surface area contributed by atoms with Crippen LogP contribution in [0.25, 0.3) is 0 Å². The molecule has 1 aliphatic heterocycles. The van der Waals surface area contributed by atoms with Crippen LogP contribution in [-0.4, -0.2) is 62.0 Å². The van der Waals surface area contributed by atoms with E-state index in [4.69, 9.17) is 23.7 Å². The molecule has 0 aromatic heterocycles. The van der Waals surface area contributed by atoms with E-state index in [2.05, 4.69) is 0 Å². The zero-order valence-electron chi connectivity index (χ0n) is 12.6. The average molecular weight is 318 g/mol. The molecule has 9 nitrogen and oxygen atoms in total. The smallest absolute Gasteiger partial charge is 0.303 e. The highest BCUT2D eigenvalue weighted by atomic mass is 16.7. The molecule has 22 heavy (non-hydrogen) atoms. The van der Waals surface area contributed by atoms with Crippen LogP contribution >= 0.6 is 0 Å². The fourth-order valence-electron chi connectivity index (χ4n) is 2.10. The molecule has 0 aromatic carbocycles. The van der Waals surface area contributed by atoms with Gasteiger partial charge < -0.3 is 28.5 Å². The summed E-state index contributed by atoms with van der Waals surface area (Å²) in [7, 11) is 1.26. The minimum Gasteiger partial charge on any atom is -0.455 e. The van der Waals surface area contributed by atoms with Gasteiger partial charge in [-0.2, -0.15) is 0 Å².